The molecule has 0 aliphatic carbocycles. The molecule has 1 aromatic carbocycles. The zero-order valence-electron chi connectivity index (χ0n) is 13.8. The molecule has 24 heavy (non-hydrogen) atoms. The molecule has 2 heterocycles. The first-order valence-electron chi connectivity index (χ1n) is 7.89. The summed E-state index contributed by atoms with van der Waals surface area (Å²) in [5.41, 5.74) is 1.71. The van der Waals surface area contributed by atoms with Crippen molar-refractivity contribution in [3.63, 3.8) is 0 Å². The molecule has 5 nitrogen and oxygen atoms in total. The Morgan fingerprint density at radius 3 is 2.67 bits per heavy atom. The van der Waals surface area contributed by atoms with Crippen molar-refractivity contribution in [3.05, 3.63) is 54.0 Å². The van der Waals surface area contributed by atoms with Crippen molar-refractivity contribution in [1.29, 1.82) is 0 Å². The Kier molecular flexibility index (Phi) is 4.64. The van der Waals surface area contributed by atoms with E-state index in [0.717, 1.165) is 5.69 Å². The van der Waals surface area contributed by atoms with Gasteiger partial charge in [-0.3, -0.25) is 4.79 Å². The van der Waals surface area contributed by atoms with Gasteiger partial charge >= 0.3 is 0 Å². The lowest BCUT2D eigenvalue weighted by molar-refractivity contribution is 0.0771. The smallest absolute Gasteiger partial charge is 0.253 e. The number of anilines is 1. The Balaban J connectivity index is 1.61. The van der Waals surface area contributed by atoms with E-state index < -0.39 is 5.95 Å². The molecular weight excluding hydrogens is 309 g/mol. The number of carbonyl (C=O) groups is 1. The number of aromatic nitrogens is 1. The van der Waals surface area contributed by atoms with Gasteiger partial charge in [0.1, 0.15) is 6.10 Å². The number of amides is 1. The normalized spacial score (nSPS) is 17.0. The number of hydrogen-bond donors (Lipinski definition) is 0. The highest BCUT2D eigenvalue weighted by Gasteiger charge is 2.28. The molecule has 0 N–H and O–H groups in total. The number of ether oxygens (including phenoxy) is 1. The molecule has 1 saturated heterocycles. The number of benzene rings is 1. The van der Waals surface area contributed by atoms with E-state index in [2.05, 4.69) is 4.98 Å². The van der Waals surface area contributed by atoms with Crippen LogP contribution in [0.1, 0.15) is 16.8 Å². The number of likely N-dealkylation sites (tertiary alicyclic amines) is 1. The minimum Gasteiger partial charge on any atom is -0.472 e. The third-order valence-electron chi connectivity index (χ3n) is 4.04. The fraction of sp³-hybridized carbons (Fsp3) is 0.333. The first-order chi connectivity index (χ1) is 11.5. The summed E-state index contributed by atoms with van der Waals surface area (Å²) >= 11 is 0. The quantitative estimate of drug-likeness (QED) is 0.809. The summed E-state index contributed by atoms with van der Waals surface area (Å²) in [6, 6.07) is 12.0. The van der Waals surface area contributed by atoms with E-state index in [0.29, 0.717) is 25.1 Å². The van der Waals surface area contributed by atoms with E-state index in [-0.39, 0.29) is 17.9 Å². The van der Waals surface area contributed by atoms with E-state index in [4.69, 9.17) is 4.74 Å². The van der Waals surface area contributed by atoms with Crippen LogP contribution in [0.4, 0.5) is 10.1 Å². The molecule has 1 aliphatic heterocycles. The Morgan fingerprint density at radius 1 is 1.25 bits per heavy atom. The van der Waals surface area contributed by atoms with Crippen LogP contribution < -0.4 is 9.64 Å². The van der Waals surface area contributed by atoms with Gasteiger partial charge in [-0.25, -0.2) is 0 Å². The number of carbonyl (C=O) groups excluding carboxylic acids is 1. The van der Waals surface area contributed by atoms with Gasteiger partial charge in [-0.05, 0) is 30.3 Å². The van der Waals surface area contributed by atoms with Crippen LogP contribution in [-0.2, 0) is 0 Å². The van der Waals surface area contributed by atoms with Gasteiger partial charge < -0.3 is 14.5 Å². The molecule has 3 rings (SSSR count). The molecule has 0 bridgehead atoms. The van der Waals surface area contributed by atoms with Crippen molar-refractivity contribution < 1.29 is 13.9 Å². The number of halogens is 1. The molecule has 1 amide bonds. The Morgan fingerprint density at radius 2 is 2.00 bits per heavy atom. The van der Waals surface area contributed by atoms with Crippen molar-refractivity contribution in [2.24, 2.45) is 0 Å². The van der Waals surface area contributed by atoms with Gasteiger partial charge in [-0.1, -0.05) is 6.07 Å². The summed E-state index contributed by atoms with van der Waals surface area (Å²) < 4.78 is 18.8. The highest BCUT2D eigenvalue weighted by atomic mass is 19.1. The van der Waals surface area contributed by atoms with Gasteiger partial charge in [0, 0.05) is 44.4 Å². The molecule has 0 saturated carbocycles. The zero-order valence-corrected chi connectivity index (χ0v) is 13.8. The molecule has 1 fully saturated rings. The summed E-state index contributed by atoms with van der Waals surface area (Å²) in [5.74, 6) is -0.331. The summed E-state index contributed by atoms with van der Waals surface area (Å²) in [6.07, 6.45) is 0.545. The maximum Gasteiger partial charge on any atom is 0.253 e. The first-order valence-corrected chi connectivity index (χ1v) is 7.89. The third kappa shape index (κ3) is 3.64. The molecule has 2 aromatic rings. The van der Waals surface area contributed by atoms with Crippen LogP contribution >= 0.6 is 0 Å². The van der Waals surface area contributed by atoms with Crippen LogP contribution in [0.15, 0.2) is 42.5 Å². The van der Waals surface area contributed by atoms with Crippen molar-refractivity contribution in [2.45, 2.75) is 12.5 Å². The van der Waals surface area contributed by atoms with Gasteiger partial charge in [0.2, 0.25) is 11.8 Å². The SMILES string of the molecule is CN(C)c1ccc(C(=O)N2CCC(Oc3cccc(F)n3)C2)cc1. The second-order valence-corrected chi connectivity index (χ2v) is 6.02. The minimum absolute atomic E-state index is 0.0152. The summed E-state index contributed by atoms with van der Waals surface area (Å²) in [6.45, 7) is 1.10. The average molecular weight is 329 g/mol. The molecule has 0 radical (unpaired) electrons. The topological polar surface area (TPSA) is 45.7 Å². The summed E-state index contributed by atoms with van der Waals surface area (Å²) in [5, 5.41) is 0. The fourth-order valence-corrected chi connectivity index (χ4v) is 2.72. The Labute approximate surface area is 140 Å². The van der Waals surface area contributed by atoms with Crippen LogP contribution in [0, 0.1) is 5.95 Å². The van der Waals surface area contributed by atoms with E-state index in [1.165, 1.54) is 6.07 Å². The lowest BCUT2D eigenvalue weighted by atomic mass is 10.2. The highest BCUT2D eigenvalue weighted by molar-refractivity contribution is 5.94. The van der Waals surface area contributed by atoms with Crippen LogP contribution in [0.5, 0.6) is 5.88 Å². The van der Waals surface area contributed by atoms with E-state index in [1.807, 2.05) is 43.3 Å². The number of rotatable bonds is 4. The van der Waals surface area contributed by atoms with Gasteiger partial charge in [0.25, 0.3) is 5.91 Å². The largest absolute Gasteiger partial charge is 0.472 e. The summed E-state index contributed by atoms with van der Waals surface area (Å²) in [4.78, 5) is 20.0. The number of nitrogens with zero attached hydrogens (tertiary/aromatic N) is 3. The molecule has 1 aromatic heterocycles. The summed E-state index contributed by atoms with van der Waals surface area (Å²) in [7, 11) is 3.92. The van der Waals surface area contributed by atoms with Crippen molar-refractivity contribution >= 4 is 11.6 Å². The maximum absolute atomic E-state index is 13.1. The van der Waals surface area contributed by atoms with Crippen LogP contribution in [0.3, 0.4) is 0 Å². The van der Waals surface area contributed by atoms with Crippen molar-refractivity contribution in [3.8, 4) is 5.88 Å². The van der Waals surface area contributed by atoms with Crippen molar-refractivity contribution in [2.75, 3.05) is 32.1 Å². The molecule has 1 atom stereocenters. The highest BCUT2D eigenvalue weighted by Crippen LogP contribution is 2.20. The third-order valence-corrected chi connectivity index (χ3v) is 4.04. The number of pyridine rings is 1. The first kappa shape index (κ1) is 16.2. The Hall–Kier alpha value is -2.63. The lowest BCUT2D eigenvalue weighted by Gasteiger charge is -2.18. The second-order valence-electron chi connectivity index (χ2n) is 6.02. The number of hydrogen-bond acceptors (Lipinski definition) is 4. The molecule has 1 unspecified atom stereocenters. The van der Waals surface area contributed by atoms with Gasteiger partial charge in [-0.15, -0.1) is 0 Å². The zero-order chi connectivity index (χ0) is 17.1. The van der Waals surface area contributed by atoms with Crippen LogP contribution in [-0.4, -0.2) is 49.1 Å². The predicted octanol–water partition coefficient (Wildman–Crippen LogP) is 2.58. The van der Waals surface area contributed by atoms with Gasteiger partial charge in [-0.2, -0.15) is 9.37 Å². The second kappa shape index (κ2) is 6.86. The molecule has 6 heteroatoms. The molecular formula is C18H20FN3O2. The lowest BCUT2D eigenvalue weighted by Crippen LogP contribution is -2.31. The standard InChI is InChI=1S/C18H20FN3O2/c1-21(2)14-8-6-13(7-9-14)18(23)22-11-10-15(12-22)24-17-5-3-4-16(19)20-17/h3-9,15H,10-12H2,1-2H3. The van der Waals surface area contributed by atoms with E-state index >= 15 is 0 Å². The molecule has 126 valence electrons. The van der Waals surface area contributed by atoms with Gasteiger partial charge in [0.05, 0.1) is 6.54 Å². The van der Waals surface area contributed by atoms with Crippen LogP contribution in [0.25, 0.3) is 0 Å². The van der Waals surface area contributed by atoms with Crippen molar-refractivity contribution in [1.82, 2.24) is 9.88 Å². The molecule has 0 spiro atoms. The van der Waals surface area contributed by atoms with Crippen LogP contribution in [0.2, 0.25) is 0 Å². The van der Waals surface area contributed by atoms with E-state index in [9.17, 15) is 9.18 Å². The maximum atomic E-state index is 13.1. The fourth-order valence-electron chi connectivity index (χ4n) is 2.72. The average Bonchev–Trinajstić information content (AvgIpc) is 3.02. The minimum atomic E-state index is -0.570. The van der Waals surface area contributed by atoms with Gasteiger partial charge in [0.15, 0.2) is 0 Å². The Bertz CT molecular complexity index is 718. The predicted molar refractivity (Wildman–Crippen MR) is 89.9 cm³/mol. The van der Waals surface area contributed by atoms with E-state index in [1.54, 1.807) is 17.0 Å². The monoisotopic (exact) mass is 329 g/mol. The molecule has 1 aliphatic rings.